The van der Waals surface area contributed by atoms with Crippen LogP contribution in [0.3, 0.4) is 0 Å². The molecule has 0 saturated carbocycles. The summed E-state index contributed by atoms with van der Waals surface area (Å²) in [6.45, 7) is 0. The normalized spacial score (nSPS) is 12.0. The lowest BCUT2D eigenvalue weighted by molar-refractivity contribution is 0.633. The highest BCUT2D eigenvalue weighted by molar-refractivity contribution is 6.22. The molecule has 0 bridgehead atoms. The van der Waals surface area contributed by atoms with Gasteiger partial charge in [0.15, 0.2) is 11.2 Å². The number of rotatable bonds is 3. The van der Waals surface area contributed by atoms with Gasteiger partial charge in [-0.25, -0.2) is 0 Å². The Balaban J connectivity index is 1.10. The Kier molecular flexibility index (Phi) is 5.70. The Hall–Kier alpha value is -6.64. The molecule has 0 radical (unpaired) electrons. The van der Waals surface area contributed by atoms with Crippen LogP contribution < -0.4 is 0 Å². The highest BCUT2D eigenvalue weighted by Crippen LogP contribution is 2.45. The van der Waals surface area contributed by atoms with Crippen molar-refractivity contribution in [3.8, 4) is 33.4 Å². The van der Waals surface area contributed by atoms with Crippen LogP contribution in [0.5, 0.6) is 0 Å². The SMILES string of the molecule is c1cc(-c2ccc3oc4c(ccc5c6ccccc6oc54)c3c2)cc(-c2c3ccccc3c(-c3ccc4ccccc4c3)c3ccccc23)c1. The maximum Gasteiger partial charge on any atom is 0.178 e. The molecule has 0 aliphatic carbocycles. The maximum atomic E-state index is 6.45. The first-order valence-corrected chi connectivity index (χ1v) is 17.1. The van der Waals surface area contributed by atoms with Crippen LogP contribution in [0.4, 0.5) is 0 Å². The molecule has 0 atom stereocenters. The van der Waals surface area contributed by atoms with Crippen molar-refractivity contribution in [2.45, 2.75) is 0 Å². The first-order chi connectivity index (χ1) is 24.8. The number of furan rings is 2. The van der Waals surface area contributed by atoms with Gasteiger partial charge in [-0.05, 0) is 108 Å². The highest BCUT2D eigenvalue weighted by Gasteiger charge is 2.19. The summed E-state index contributed by atoms with van der Waals surface area (Å²) in [7, 11) is 0. The molecule has 0 N–H and O–H groups in total. The van der Waals surface area contributed by atoms with Crippen LogP contribution in [0.25, 0.3) is 110 Å². The van der Waals surface area contributed by atoms with Crippen molar-refractivity contribution in [3.63, 3.8) is 0 Å². The second-order valence-corrected chi connectivity index (χ2v) is 13.2. The van der Waals surface area contributed by atoms with Gasteiger partial charge in [-0.15, -0.1) is 0 Å². The van der Waals surface area contributed by atoms with Crippen LogP contribution in [0, 0.1) is 0 Å². The summed E-state index contributed by atoms with van der Waals surface area (Å²) in [6, 6.07) is 61.1. The molecular weight excluding hydrogens is 609 g/mol. The number of hydrogen-bond acceptors (Lipinski definition) is 2. The van der Waals surface area contributed by atoms with E-state index in [4.69, 9.17) is 8.83 Å². The Bertz CT molecular complexity index is 3100. The van der Waals surface area contributed by atoms with Gasteiger partial charge in [0.1, 0.15) is 11.2 Å². The van der Waals surface area contributed by atoms with Crippen molar-refractivity contribution in [3.05, 3.63) is 170 Å². The third-order valence-electron chi connectivity index (χ3n) is 10.4. The molecule has 0 amide bonds. The summed E-state index contributed by atoms with van der Waals surface area (Å²) >= 11 is 0. The second-order valence-electron chi connectivity index (χ2n) is 13.2. The smallest absolute Gasteiger partial charge is 0.178 e. The van der Waals surface area contributed by atoms with E-state index in [1.165, 1.54) is 54.6 Å². The van der Waals surface area contributed by atoms with Crippen molar-refractivity contribution in [2.75, 3.05) is 0 Å². The Morgan fingerprint density at radius 1 is 0.260 bits per heavy atom. The third-order valence-corrected chi connectivity index (χ3v) is 10.4. The third kappa shape index (κ3) is 3.96. The van der Waals surface area contributed by atoms with Gasteiger partial charge in [0.05, 0.1) is 0 Å². The van der Waals surface area contributed by atoms with Crippen molar-refractivity contribution in [1.82, 2.24) is 0 Å². The molecule has 2 heteroatoms. The van der Waals surface area contributed by atoms with E-state index in [0.29, 0.717) is 0 Å². The Morgan fingerprint density at radius 2 is 0.760 bits per heavy atom. The lowest BCUT2D eigenvalue weighted by atomic mass is 9.85. The first-order valence-electron chi connectivity index (χ1n) is 17.1. The van der Waals surface area contributed by atoms with Crippen molar-refractivity contribution in [1.29, 1.82) is 0 Å². The average Bonchev–Trinajstić information content (AvgIpc) is 3.75. The van der Waals surface area contributed by atoms with Crippen LogP contribution in [-0.4, -0.2) is 0 Å². The van der Waals surface area contributed by atoms with Crippen molar-refractivity contribution in [2.24, 2.45) is 0 Å². The minimum absolute atomic E-state index is 0.795. The molecular formula is C48H28O2. The fourth-order valence-electron chi connectivity index (χ4n) is 8.15. The lowest BCUT2D eigenvalue weighted by Crippen LogP contribution is -1.91. The summed E-state index contributed by atoms with van der Waals surface area (Å²) in [5.41, 5.74) is 10.6. The van der Waals surface area contributed by atoms with Gasteiger partial charge < -0.3 is 8.83 Å². The summed E-state index contributed by atoms with van der Waals surface area (Å²) in [6.07, 6.45) is 0. The molecule has 2 nitrogen and oxygen atoms in total. The predicted molar refractivity (Wildman–Crippen MR) is 210 cm³/mol. The second kappa shape index (κ2) is 10.4. The standard InChI is InChI=1S/C48H28O2/c1-2-11-30-26-34(21-20-29(30)10-1)46-38-17-5-3-15-36(38)45(37-16-4-6-18-39(37)46)33-13-9-12-31(27-33)32-22-25-44-42(28-32)41-24-23-40-35-14-7-8-19-43(35)49-47(40)48(41)50-44/h1-28H. The van der Waals surface area contributed by atoms with Crippen LogP contribution in [-0.2, 0) is 0 Å². The quantitative estimate of drug-likeness (QED) is 0.180. The monoisotopic (exact) mass is 636 g/mol. The van der Waals surface area contributed by atoms with E-state index in [-0.39, 0.29) is 0 Å². The van der Waals surface area contributed by atoms with E-state index < -0.39 is 0 Å². The van der Waals surface area contributed by atoms with Crippen LogP contribution in [0.15, 0.2) is 179 Å². The van der Waals surface area contributed by atoms with E-state index in [9.17, 15) is 0 Å². The minimum Gasteiger partial charge on any atom is -0.452 e. The highest BCUT2D eigenvalue weighted by atomic mass is 16.4. The first kappa shape index (κ1) is 27.3. The fraction of sp³-hybridized carbons (Fsp3) is 0. The topological polar surface area (TPSA) is 26.3 Å². The molecule has 50 heavy (non-hydrogen) atoms. The van der Waals surface area contributed by atoms with Crippen molar-refractivity contribution >= 4 is 76.2 Å². The molecule has 2 aromatic heterocycles. The molecule has 9 aromatic carbocycles. The molecule has 0 saturated heterocycles. The molecule has 11 rings (SSSR count). The van der Waals surface area contributed by atoms with Crippen molar-refractivity contribution < 1.29 is 8.83 Å². The predicted octanol–water partition coefficient (Wildman–Crippen LogP) is 13.9. The number of para-hydroxylation sites is 1. The molecule has 11 aromatic rings. The lowest BCUT2D eigenvalue weighted by Gasteiger charge is -2.18. The van der Waals surface area contributed by atoms with Crippen LogP contribution >= 0.6 is 0 Å². The zero-order valence-electron chi connectivity index (χ0n) is 27.0. The van der Waals surface area contributed by atoms with Crippen LogP contribution in [0.1, 0.15) is 0 Å². The maximum absolute atomic E-state index is 6.45. The molecule has 0 fully saturated rings. The average molecular weight is 637 g/mol. The summed E-state index contributed by atoms with van der Waals surface area (Å²) in [5.74, 6) is 0. The summed E-state index contributed by atoms with van der Waals surface area (Å²) in [4.78, 5) is 0. The molecule has 0 unspecified atom stereocenters. The Morgan fingerprint density at radius 3 is 1.46 bits per heavy atom. The number of fused-ring (bicyclic) bond motifs is 10. The fourth-order valence-corrected chi connectivity index (χ4v) is 8.15. The van der Waals surface area contributed by atoms with Gasteiger partial charge in [0.25, 0.3) is 0 Å². The zero-order chi connectivity index (χ0) is 32.8. The summed E-state index contributed by atoms with van der Waals surface area (Å²) < 4.78 is 12.8. The van der Waals surface area contributed by atoms with Gasteiger partial charge in [-0.2, -0.15) is 0 Å². The number of hydrogen-bond donors (Lipinski definition) is 0. The summed E-state index contributed by atoms with van der Waals surface area (Å²) in [5, 5.41) is 11.8. The molecule has 232 valence electrons. The van der Waals surface area contributed by atoms with E-state index >= 15 is 0 Å². The van der Waals surface area contributed by atoms with Gasteiger partial charge in [0.2, 0.25) is 0 Å². The van der Waals surface area contributed by atoms with Gasteiger partial charge in [-0.3, -0.25) is 0 Å². The Labute approximate surface area is 287 Å². The molecule has 0 aliphatic rings. The minimum atomic E-state index is 0.795. The molecule has 0 spiro atoms. The van der Waals surface area contributed by atoms with Gasteiger partial charge in [-0.1, -0.05) is 127 Å². The van der Waals surface area contributed by atoms with Gasteiger partial charge in [0, 0.05) is 21.5 Å². The van der Waals surface area contributed by atoms with E-state index in [2.05, 4.69) is 152 Å². The van der Waals surface area contributed by atoms with E-state index in [1.807, 2.05) is 18.2 Å². The largest absolute Gasteiger partial charge is 0.452 e. The zero-order valence-corrected chi connectivity index (χ0v) is 27.0. The van der Waals surface area contributed by atoms with Gasteiger partial charge >= 0.3 is 0 Å². The molecule has 0 aliphatic heterocycles. The number of benzene rings is 9. The van der Waals surface area contributed by atoms with E-state index in [1.54, 1.807) is 0 Å². The van der Waals surface area contributed by atoms with Crippen LogP contribution in [0.2, 0.25) is 0 Å². The van der Waals surface area contributed by atoms with E-state index in [0.717, 1.165) is 55.0 Å². The molecule has 2 heterocycles.